The summed E-state index contributed by atoms with van der Waals surface area (Å²) in [4.78, 5) is 13.6. The molecule has 1 fully saturated rings. The monoisotopic (exact) mass is 402 g/mol. The van der Waals surface area contributed by atoms with E-state index in [4.69, 9.17) is 5.73 Å². The lowest BCUT2D eigenvalue weighted by molar-refractivity contribution is 0.646. The van der Waals surface area contributed by atoms with Gasteiger partial charge in [-0.3, -0.25) is 0 Å². The van der Waals surface area contributed by atoms with Gasteiger partial charge in [-0.1, -0.05) is 18.2 Å². The quantitative estimate of drug-likeness (QED) is 0.676. The van der Waals surface area contributed by atoms with Gasteiger partial charge in [-0.2, -0.15) is 0 Å². The van der Waals surface area contributed by atoms with Crippen LogP contribution in [0.25, 0.3) is 0 Å². The van der Waals surface area contributed by atoms with Crippen LogP contribution in [0.15, 0.2) is 42.7 Å². The van der Waals surface area contributed by atoms with Crippen molar-refractivity contribution in [2.75, 3.05) is 47.0 Å². The van der Waals surface area contributed by atoms with E-state index in [0.29, 0.717) is 11.5 Å². The summed E-state index contributed by atoms with van der Waals surface area (Å²) in [5.74, 6) is 1.46. The highest BCUT2D eigenvalue weighted by molar-refractivity contribution is 5.78. The summed E-state index contributed by atoms with van der Waals surface area (Å²) in [5.41, 5.74) is 14.6. The van der Waals surface area contributed by atoms with Gasteiger partial charge in [0.15, 0.2) is 11.6 Å². The molecule has 3 N–H and O–H groups in total. The van der Waals surface area contributed by atoms with Gasteiger partial charge in [-0.05, 0) is 68.1 Å². The van der Waals surface area contributed by atoms with Gasteiger partial charge in [0.05, 0.1) is 0 Å². The molecule has 0 aliphatic carbocycles. The van der Waals surface area contributed by atoms with E-state index < -0.39 is 0 Å². The minimum absolute atomic E-state index is 0.593. The van der Waals surface area contributed by atoms with Crippen LogP contribution < -0.4 is 20.9 Å². The van der Waals surface area contributed by atoms with Crippen LogP contribution in [0.1, 0.15) is 22.3 Å². The van der Waals surface area contributed by atoms with Crippen molar-refractivity contribution in [1.82, 2.24) is 9.97 Å². The normalized spacial score (nSPS) is 14.1. The van der Waals surface area contributed by atoms with Crippen LogP contribution in [-0.2, 0) is 0 Å². The van der Waals surface area contributed by atoms with Crippen LogP contribution >= 0.6 is 0 Å². The first-order valence-electron chi connectivity index (χ1n) is 10.4. The summed E-state index contributed by atoms with van der Waals surface area (Å²) in [6.45, 7) is 12.2. The minimum Gasteiger partial charge on any atom is -0.393 e. The van der Waals surface area contributed by atoms with Crippen LogP contribution in [0.4, 0.5) is 28.7 Å². The molecule has 1 saturated heterocycles. The first kappa shape index (κ1) is 20.0. The van der Waals surface area contributed by atoms with Crippen molar-refractivity contribution in [3.05, 3.63) is 65.0 Å². The van der Waals surface area contributed by atoms with Crippen LogP contribution in [0, 0.1) is 27.7 Å². The first-order chi connectivity index (χ1) is 14.4. The number of hydrogen-bond donors (Lipinski definition) is 2. The maximum absolute atomic E-state index is 6.48. The molecule has 30 heavy (non-hydrogen) atoms. The zero-order valence-electron chi connectivity index (χ0n) is 18.2. The summed E-state index contributed by atoms with van der Waals surface area (Å²) in [7, 11) is 0. The van der Waals surface area contributed by atoms with E-state index in [1.54, 1.807) is 6.33 Å². The van der Waals surface area contributed by atoms with E-state index in [9.17, 15) is 0 Å². The van der Waals surface area contributed by atoms with Crippen molar-refractivity contribution in [2.45, 2.75) is 27.7 Å². The van der Waals surface area contributed by atoms with Gasteiger partial charge in [0.1, 0.15) is 12.0 Å². The highest BCUT2D eigenvalue weighted by Crippen LogP contribution is 2.31. The lowest BCUT2D eigenvalue weighted by Crippen LogP contribution is -2.47. The fraction of sp³-hybridized carbons (Fsp3) is 0.333. The van der Waals surface area contributed by atoms with Crippen LogP contribution in [0.2, 0.25) is 0 Å². The molecule has 0 spiro atoms. The Labute approximate surface area is 178 Å². The molecule has 0 atom stereocenters. The van der Waals surface area contributed by atoms with Crippen molar-refractivity contribution in [2.24, 2.45) is 0 Å². The fourth-order valence-corrected chi connectivity index (χ4v) is 3.93. The second-order valence-corrected chi connectivity index (χ2v) is 8.08. The highest BCUT2D eigenvalue weighted by Gasteiger charge is 2.22. The molecule has 1 aliphatic heterocycles. The highest BCUT2D eigenvalue weighted by atomic mass is 15.3. The predicted molar refractivity (Wildman–Crippen MR) is 126 cm³/mol. The summed E-state index contributed by atoms with van der Waals surface area (Å²) in [5, 5.41) is 3.35. The Bertz CT molecular complexity index is 1050. The number of rotatable bonds is 4. The molecular formula is C24H30N6. The Morgan fingerprint density at radius 3 is 2.30 bits per heavy atom. The standard InChI is InChI=1S/C24H30N6/c1-16-8-9-20(14-18(16)3)28-23-22(25)24(27-15-26-23)30-12-10-29(11-13-30)21-7-5-6-17(2)19(21)4/h5-9,14-15H,10-13,25H2,1-4H3,(H,26,27,28). The van der Waals surface area contributed by atoms with Crippen molar-refractivity contribution in [3.63, 3.8) is 0 Å². The topological polar surface area (TPSA) is 70.3 Å². The molecule has 156 valence electrons. The number of hydrogen-bond acceptors (Lipinski definition) is 6. The summed E-state index contributed by atoms with van der Waals surface area (Å²) < 4.78 is 0. The Hall–Kier alpha value is -3.28. The lowest BCUT2D eigenvalue weighted by Gasteiger charge is -2.38. The van der Waals surface area contributed by atoms with E-state index in [1.165, 1.54) is 27.9 Å². The largest absolute Gasteiger partial charge is 0.393 e. The Kier molecular flexibility index (Phi) is 5.48. The molecule has 1 aliphatic rings. The van der Waals surface area contributed by atoms with Gasteiger partial charge >= 0.3 is 0 Å². The maximum Gasteiger partial charge on any atom is 0.159 e. The minimum atomic E-state index is 0.593. The first-order valence-corrected chi connectivity index (χ1v) is 10.4. The number of nitrogens with zero attached hydrogens (tertiary/aromatic N) is 4. The molecule has 0 amide bonds. The number of anilines is 5. The second-order valence-electron chi connectivity index (χ2n) is 8.08. The van der Waals surface area contributed by atoms with Gasteiger partial charge < -0.3 is 20.9 Å². The molecule has 0 bridgehead atoms. The number of nitrogens with two attached hydrogens (primary N) is 1. The van der Waals surface area contributed by atoms with Crippen LogP contribution in [-0.4, -0.2) is 36.1 Å². The van der Waals surface area contributed by atoms with E-state index >= 15 is 0 Å². The molecule has 1 aromatic heterocycles. The molecule has 6 heteroatoms. The number of aromatic nitrogens is 2. The van der Waals surface area contributed by atoms with Gasteiger partial charge in [0, 0.05) is 37.6 Å². The van der Waals surface area contributed by atoms with Gasteiger partial charge in [-0.25, -0.2) is 9.97 Å². The number of benzene rings is 2. The van der Waals surface area contributed by atoms with Crippen LogP contribution in [0.3, 0.4) is 0 Å². The van der Waals surface area contributed by atoms with Crippen LogP contribution in [0.5, 0.6) is 0 Å². The molecule has 0 radical (unpaired) electrons. The molecule has 6 nitrogen and oxygen atoms in total. The molecule has 0 saturated carbocycles. The summed E-state index contributed by atoms with van der Waals surface area (Å²) in [6.07, 6.45) is 1.59. The number of piperazine rings is 1. The third kappa shape index (κ3) is 3.90. The summed E-state index contributed by atoms with van der Waals surface area (Å²) in [6, 6.07) is 12.8. The zero-order valence-corrected chi connectivity index (χ0v) is 18.2. The van der Waals surface area contributed by atoms with E-state index in [0.717, 1.165) is 37.7 Å². The van der Waals surface area contributed by atoms with Gasteiger partial charge in [0.2, 0.25) is 0 Å². The van der Waals surface area contributed by atoms with Crippen molar-refractivity contribution in [3.8, 4) is 0 Å². The molecular weight excluding hydrogens is 372 g/mol. The third-order valence-corrected chi connectivity index (χ3v) is 6.13. The zero-order chi connectivity index (χ0) is 21.3. The smallest absolute Gasteiger partial charge is 0.159 e. The lowest BCUT2D eigenvalue weighted by atomic mass is 10.1. The van der Waals surface area contributed by atoms with Gasteiger partial charge in [0.25, 0.3) is 0 Å². The second kappa shape index (κ2) is 8.22. The molecule has 2 aromatic carbocycles. The number of nitrogen functional groups attached to an aromatic ring is 1. The maximum atomic E-state index is 6.48. The van der Waals surface area contributed by atoms with E-state index in [1.807, 2.05) is 6.07 Å². The van der Waals surface area contributed by atoms with E-state index in [-0.39, 0.29) is 0 Å². The third-order valence-electron chi connectivity index (χ3n) is 6.13. The Morgan fingerprint density at radius 1 is 0.833 bits per heavy atom. The molecule has 2 heterocycles. The van der Waals surface area contributed by atoms with Gasteiger partial charge in [-0.15, -0.1) is 0 Å². The molecule has 4 rings (SSSR count). The van der Waals surface area contributed by atoms with Crippen molar-refractivity contribution in [1.29, 1.82) is 0 Å². The summed E-state index contributed by atoms with van der Waals surface area (Å²) >= 11 is 0. The molecule has 0 unspecified atom stereocenters. The van der Waals surface area contributed by atoms with Crippen molar-refractivity contribution < 1.29 is 0 Å². The number of aryl methyl sites for hydroxylation is 3. The predicted octanol–water partition coefficient (Wildman–Crippen LogP) is 4.36. The Morgan fingerprint density at radius 2 is 1.57 bits per heavy atom. The molecule has 3 aromatic rings. The average molecular weight is 403 g/mol. The van der Waals surface area contributed by atoms with Crippen molar-refractivity contribution >= 4 is 28.7 Å². The average Bonchev–Trinajstić information content (AvgIpc) is 2.74. The fourth-order valence-electron chi connectivity index (χ4n) is 3.93. The van der Waals surface area contributed by atoms with E-state index in [2.05, 4.69) is 83.1 Å². The number of nitrogens with one attached hydrogen (secondary N) is 1. The SMILES string of the molecule is Cc1ccc(Nc2ncnc(N3CCN(c4cccc(C)c4C)CC3)c2N)cc1C. The Balaban J connectivity index is 1.49.